The molecule has 5 nitrogen and oxygen atoms in total. The monoisotopic (exact) mass is 319 g/mol. The van der Waals surface area contributed by atoms with Crippen LogP contribution in [0.5, 0.6) is 0 Å². The predicted octanol–water partition coefficient (Wildman–Crippen LogP) is 2.33. The third kappa shape index (κ3) is 4.29. The second kappa shape index (κ2) is 7.91. The third-order valence-electron chi connectivity index (χ3n) is 3.17. The highest BCUT2D eigenvalue weighted by Gasteiger charge is 2.18. The molecule has 22 heavy (non-hydrogen) atoms. The fraction of sp³-hybridized carbons (Fsp3) is 0.312. The van der Waals surface area contributed by atoms with Crippen molar-refractivity contribution in [2.45, 2.75) is 23.3 Å². The SMILES string of the molecule is CCNCCCNc1ccc(S(=O)(=O)c2ccccc2)nc1. The zero-order valence-corrected chi connectivity index (χ0v) is 13.4. The highest BCUT2D eigenvalue weighted by atomic mass is 32.2. The van der Waals surface area contributed by atoms with E-state index in [1.165, 1.54) is 6.07 Å². The number of anilines is 1. The molecule has 0 aliphatic heterocycles. The van der Waals surface area contributed by atoms with Gasteiger partial charge in [0.2, 0.25) is 9.84 Å². The van der Waals surface area contributed by atoms with Crippen LogP contribution in [-0.4, -0.2) is 33.0 Å². The van der Waals surface area contributed by atoms with Crippen LogP contribution in [0.4, 0.5) is 5.69 Å². The van der Waals surface area contributed by atoms with Gasteiger partial charge < -0.3 is 10.6 Å². The first-order valence-electron chi connectivity index (χ1n) is 7.35. The zero-order valence-electron chi connectivity index (χ0n) is 12.6. The fourth-order valence-corrected chi connectivity index (χ4v) is 3.18. The molecule has 1 aromatic carbocycles. The maximum Gasteiger partial charge on any atom is 0.223 e. The highest BCUT2D eigenvalue weighted by Crippen LogP contribution is 2.19. The highest BCUT2D eigenvalue weighted by molar-refractivity contribution is 7.91. The van der Waals surface area contributed by atoms with E-state index in [1.807, 2.05) is 0 Å². The van der Waals surface area contributed by atoms with E-state index in [0.29, 0.717) is 0 Å². The number of nitrogens with one attached hydrogen (secondary N) is 2. The van der Waals surface area contributed by atoms with Gasteiger partial charge in [-0.2, -0.15) is 0 Å². The Morgan fingerprint density at radius 3 is 2.45 bits per heavy atom. The molecule has 1 aromatic heterocycles. The number of benzene rings is 1. The molecule has 0 bridgehead atoms. The second-order valence-electron chi connectivity index (χ2n) is 4.84. The molecular formula is C16H21N3O2S. The number of rotatable bonds is 8. The van der Waals surface area contributed by atoms with Crippen molar-refractivity contribution in [1.29, 1.82) is 0 Å². The lowest BCUT2D eigenvalue weighted by atomic mass is 10.3. The first-order valence-corrected chi connectivity index (χ1v) is 8.83. The number of nitrogens with zero attached hydrogens (tertiary/aromatic N) is 1. The van der Waals surface area contributed by atoms with Crippen LogP contribution in [-0.2, 0) is 9.84 Å². The van der Waals surface area contributed by atoms with Crippen LogP contribution >= 0.6 is 0 Å². The van der Waals surface area contributed by atoms with Gasteiger partial charge in [0.15, 0.2) is 5.03 Å². The molecule has 0 saturated carbocycles. The molecule has 118 valence electrons. The Balaban J connectivity index is 2.00. The average molecular weight is 319 g/mol. The Kier molecular flexibility index (Phi) is 5.91. The first kappa shape index (κ1) is 16.5. The van der Waals surface area contributed by atoms with Gasteiger partial charge in [-0.3, -0.25) is 0 Å². The van der Waals surface area contributed by atoms with Crippen LogP contribution in [0.1, 0.15) is 13.3 Å². The minimum Gasteiger partial charge on any atom is -0.384 e. The minimum absolute atomic E-state index is 0.0666. The molecule has 0 aliphatic rings. The maximum atomic E-state index is 12.4. The Bertz CT molecular complexity index is 670. The molecule has 0 fully saturated rings. The number of hydrogen-bond acceptors (Lipinski definition) is 5. The molecular weight excluding hydrogens is 298 g/mol. The summed E-state index contributed by atoms with van der Waals surface area (Å²) in [4.78, 5) is 4.33. The summed E-state index contributed by atoms with van der Waals surface area (Å²) in [5.74, 6) is 0. The summed E-state index contributed by atoms with van der Waals surface area (Å²) in [6.07, 6.45) is 2.56. The molecule has 2 rings (SSSR count). The van der Waals surface area contributed by atoms with Gasteiger partial charge in [-0.25, -0.2) is 13.4 Å². The van der Waals surface area contributed by atoms with Crippen molar-refractivity contribution in [3.8, 4) is 0 Å². The number of aromatic nitrogens is 1. The van der Waals surface area contributed by atoms with Gasteiger partial charge in [0.25, 0.3) is 0 Å². The standard InChI is InChI=1S/C16H21N3O2S/c1-2-17-11-6-12-18-14-9-10-16(19-13-14)22(20,21)15-7-4-3-5-8-15/h3-5,7-10,13,17-18H,2,6,11-12H2,1H3. The zero-order chi connectivity index (χ0) is 15.8. The molecule has 0 saturated heterocycles. The van der Waals surface area contributed by atoms with E-state index in [4.69, 9.17) is 0 Å². The molecule has 0 aliphatic carbocycles. The van der Waals surface area contributed by atoms with Crippen molar-refractivity contribution in [3.05, 3.63) is 48.7 Å². The van der Waals surface area contributed by atoms with Gasteiger partial charge in [0.1, 0.15) is 0 Å². The van der Waals surface area contributed by atoms with E-state index >= 15 is 0 Å². The lowest BCUT2D eigenvalue weighted by molar-refractivity contribution is 0.592. The lowest BCUT2D eigenvalue weighted by Gasteiger charge is -2.08. The molecule has 0 atom stereocenters. The minimum atomic E-state index is -3.54. The van der Waals surface area contributed by atoms with E-state index < -0.39 is 9.84 Å². The normalized spacial score (nSPS) is 11.3. The van der Waals surface area contributed by atoms with Gasteiger partial charge in [0, 0.05) is 6.54 Å². The maximum absolute atomic E-state index is 12.4. The molecule has 2 N–H and O–H groups in total. The van der Waals surface area contributed by atoms with Crippen LogP contribution in [0.2, 0.25) is 0 Å². The van der Waals surface area contributed by atoms with Gasteiger partial charge in [0.05, 0.1) is 16.8 Å². The van der Waals surface area contributed by atoms with Crippen molar-refractivity contribution >= 4 is 15.5 Å². The first-order chi connectivity index (χ1) is 10.6. The predicted molar refractivity (Wildman–Crippen MR) is 87.8 cm³/mol. The van der Waals surface area contributed by atoms with Crippen LogP contribution in [0.3, 0.4) is 0 Å². The summed E-state index contributed by atoms with van der Waals surface area (Å²) in [5, 5.41) is 6.54. The van der Waals surface area contributed by atoms with E-state index in [0.717, 1.165) is 31.7 Å². The summed E-state index contributed by atoms with van der Waals surface area (Å²) >= 11 is 0. The van der Waals surface area contributed by atoms with E-state index in [9.17, 15) is 8.42 Å². The van der Waals surface area contributed by atoms with Crippen molar-refractivity contribution in [1.82, 2.24) is 10.3 Å². The Labute approximate surface area is 131 Å². The van der Waals surface area contributed by atoms with Gasteiger partial charge >= 0.3 is 0 Å². The van der Waals surface area contributed by atoms with Crippen molar-refractivity contribution in [2.24, 2.45) is 0 Å². The summed E-state index contributed by atoms with van der Waals surface area (Å²) in [7, 11) is -3.54. The van der Waals surface area contributed by atoms with Crippen molar-refractivity contribution in [3.63, 3.8) is 0 Å². The van der Waals surface area contributed by atoms with Gasteiger partial charge in [-0.05, 0) is 43.8 Å². The summed E-state index contributed by atoms with van der Waals surface area (Å²) in [5.41, 5.74) is 0.823. The van der Waals surface area contributed by atoms with Crippen molar-refractivity contribution < 1.29 is 8.42 Å². The summed E-state index contributed by atoms with van der Waals surface area (Å²) in [6, 6.07) is 11.6. The van der Waals surface area contributed by atoms with Crippen LogP contribution in [0.15, 0.2) is 58.6 Å². The Morgan fingerprint density at radius 1 is 1.05 bits per heavy atom. The second-order valence-corrected chi connectivity index (χ2v) is 6.73. The number of hydrogen-bond donors (Lipinski definition) is 2. The fourth-order valence-electron chi connectivity index (χ4n) is 1.99. The van der Waals surface area contributed by atoms with E-state index in [2.05, 4.69) is 22.5 Å². The van der Waals surface area contributed by atoms with Crippen molar-refractivity contribution in [2.75, 3.05) is 25.0 Å². The molecule has 1 heterocycles. The lowest BCUT2D eigenvalue weighted by Crippen LogP contribution is -2.17. The largest absolute Gasteiger partial charge is 0.384 e. The van der Waals surface area contributed by atoms with Crippen LogP contribution in [0, 0.1) is 0 Å². The number of sulfone groups is 1. The summed E-state index contributed by atoms with van der Waals surface area (Å²) in [6.45, 7) is 4.81. The van der Waals surface area contributed by atoms with Crippen LogP contribution < -0.4 is 10.6 Å². The molecule has 0 amide bonds. The average Bonchev–Trinajstić information content (AvgIpc) is 2.56. The van der Waals surface area contributed by atoms with Gasteiger partial charge in [-0.15, -0.1) is 0 Å². The number of pyridine rings is 1. The summed E-state index contributed by atoms with van der Waals surface area (Å²) < 4.78 is 24.8. The molecule has 0 unspecified atom stereocenters. The van der Waals surface area contributed by atoms with Crippen LogP contribution in [0.25, 0.3) is 0 Å². The van der Waals surface area contributed by atoms with Gasteiger partial charge in [-0.1, -0.05) is 25.1 Å². The quantitative estimate of drug-likeness (QED) is 0.731. The smallest absolute Gasteiger partial charge is 0.223 e. The topological polar surface area (TPSA) is 71.1 Å². The molecule has 0 radical (unpaired) electrons. The molecule has 2 aromatic rings. The Hall–Kier alpha value is -1.92. The molecule has 6 heteroatoms. The van der Waals surface area contributed by atoms with E-state index in [-0.39, 0.29) is 9.92 Å². The third-order valence-corrected chi connectivity index (χ3v) is 4.86. The molecule has 0 spiro atoms. The Morgan fingerprint density at radius 2 is 1.82 bits per heavy atom. The van der Waals surface area contributed by atoms with E-state index in [1.54, 1.807) is 42.6 Å².